The number of hydrogen-bond acceptors (Lipinski definition) is 12. The van der Waals surface area contributed by atoms with E-state index in [-0.39, 0.29) is 119 Å². The van der Waals surface area contributed by atoms with Crippen molar-refractivity contribution in [1.29, 1.82) is 0 Å². The van der Waals surface area contributed by atoms with Gasteiger partial charge in [-0.25, -0.2) is 0 Å². The molecular formula is C48H90O13Zn4. The van der Waals surface area contributed by atoms with E-state index in [2.05, 4.69) is 41.5 Å². The molecule has 0 aromatic heterocycles. The van der Waals surface area contributed by atoms with E-state index >= 15 is 0 Å². The zero-order valence-electron chi connectivity index (χ0n) is 43.6. The Labute approximate surface area is 448 Å². The van der Waals surface area contributed by atoms with Crippen LogP contribution in [0.5, 0.6) is 0 Å². The summed E-state index contributed by atoms with van der Waals surface area (Å²) in [5.74, 6) is -6.69. The summed E-state index contributed by atoms with van der Waals surface area (Å²) in [4.78, 5) is 62.0. The van der Waals surface area contributed by atoms with Crippen LogP contribution in [-0.4, -0.2) is 35.8 Å². The van der Waals surface area contributed by atoms with E-state index in [4.69, 9.17) is 0 Å². The average molecular weight is 1140 g/mol. The first kappa shape index (κ1) is 90.7. The quantitative estimate of drug-likeness (QED) is 0.0797. The summed E-state index contributed by atoms with van der Waals surface area (Å²) in [7, 11) is 0. The van der Waals surface area contributed by atoms with Gasteiger partial charge in [0.15, 0.2) is 0 Å². The fourth-order valence-corrected chi connectivity index (χ4v) is 5.63. The number of rotatable bonds is 30. The van der Waals surface area contributed by atoms with Crippen molar-refractivity contribution in [3.63, 3.8) is 0 Å². The molecule has 368 valence electrons. The Bertz CT molecular complexity index is 822. The van der Waals surface area contributed by atoms with Crippen LogP contribution in [0.3, 0.4) is 0 Å². The van der Waals surface area contributed by atoms with Gasteiger partial charge in [-0.2, -0.15) is 0 Å². The van der Waals surface area contributed by atoms with Gasteiger partial charge in [-0.15, -0.1) is 0 Å². The smallest absolute Gasteiger partial charge is 2.00 e. The molecule has 0 amide bonds. The van der Waals surface area contributed by atoms with Gasteiger partial charge in [0.25, 0.3) is 0 Å². The van der Waals surface area contributed by atoms with Crippen LogP contribution in [0.4, 0.5) is 0 Å². The van der Waals surface area contributed by atoms with Gasteiger partial charge in [-0.1, -0.05) is 160 Å². The maximum absolute atomic E-state index is 10.3. The number of carboxylic acid groups (broad SMARTS) is 6. The van der Waals surface area contributed by atoms with Gasteiger partial charge < -0.3 is 64.9 Å². The maximum atomic E-state index is 10.3. The van der Waals surface area contributed by atoms with Gasteiger partial charge in [0.2, 0.25) is 0 Å². The summed E-state index contributed by atoms with van der Waals surface area (Å²) in [6, 6.07) is 0. The fraction of sp³-hybridized carbons (Fsp3) is 0.875. The molecule has 0 spiro atoms. The summed E-state index contributed by atoms with van der Waals surface area (Å²) < 4.78 is 0. The van der Waals surface area contributed by atoms with Crippen molar-refractivity contribution in [3.8, 4) is 0 Å². The molecule has 0 bridgehead atoms. The van der Waals surface area contributed by atoms with Crippen LogP contribution in [0.25, 0.3) is 0 Å². The first-order chi connectivity index (χ1) is 28.3. The Morgan fingerprint density at radius 1 is 0.262 bits per heavy atom. The molecule has 17 heteroatoms. The van der Waals surface area contributed by atoms with Gasteiger partial charge >= 0.3 is 77.9 Å². The van der Waals surface area contributed by atoms with Gasteiger partial charge in [0, 0.05) is 35.8 Å². The maximum Gasteiger partial charge on any atom is 2.00 e. The van der Waals surface area contributed by atoms with Crippen LogP contribution >= 0.6 is 0 Å². The molecule has 0 N–H and O–H groups in total. The Balaban J connectivity index is -0.0000000589. The monoisotopic (exact) mass is 1130 g/mol. The number of unbranched alkanes of at least 4 members (excludes halogenated alkanes) is 6. The molecule has 0 rings (SSSR count). The number of hydrogen-bond donors (Lipinski definition) is 0. The Kier molecular flexibility index (Phi) is 97.4. The summed E-state index contributed by atoms with van der Waals surface area (Å²) in [5.41, 5.74) is 0. The predicted octanol–water partition coefficient (Wildman–Crippen LogP) is 5.59. The van der Waals surface area contributed by atoms with Crippen molar-refractivity contribution < 1.29 is 143 Å². The van der Waals surface area contributed by atoms with Crippen LogP contribution < -0.4 is 30.6 Å². The molecule has 0 aliphatic carbocycles. The van der Waals surface area contributed by atoms with Crippen molar-refractivity contribution in [3.05, 3.63) is 0 Å². The Morgan fingerprint density at radius 2 is 0.354 bits per heavy atom. The third-order valence-corrected chi connectivity index (χ3v) is 10.4. The van der Waals surface area contributed by atoms with Crippen molar-refractivity contribution in [2.45, 2.75) is 237 Å². The first-order valence-corrected chi connectivity index (χ1v) is 23.6. The molecule has 6 atom stereocenters. The molecule has 0 heterocycles. The van der Waals surface area contributed by atoms with Gasteiger partial charge in [-0.05, 0) is 113 Å². The summed E-state index contributed by atoms with van der Waals surface area (Å²) in [6.07, 6.45) is 21.1. The Hall–Kier alpha value is -0.726. The third kappa shape index (κ3) is 67.6. The molecule has 0 aliphatic heterocycles. The molecule has 6 unspecified atom stereocenters. The van der Waals surface area contributed by atoms with Crippen molar-refractivity contribution >= 4 is 35.8 Å². The molecule has 0 fully saturated rings. The minimum atomic E-state index is -0.893. The standard InChI is InChI=1S/6C8H16O2.O.4Zn/c6*1-3-5-6-7(4-2)8(9)10;;;;;/h6*7H,3-6H2,1-2H3,(H,9,10);;;;;/q;;;;;;-2;4*+2/p-6. The molecule has 0 aliphatic rings. The largest absolute Gasteiger partial charge is 2.00 e. The Morgan fingerprint density at radius 3 is 0.400 bits per heavy atom. The van der Waals surface area contributed by atoms with Crippen LogP contribution in [0, 0.1) is 35.5 Å². The van der Waals surface area contributed by atoms with Crippen LogP contribution in [-0.2, 0) is 112 Å². The molecule has 0 aromatic carbocycles. The van der Waals surface area contributed by atoms with Crippen LogP contribution in [0.2, 0.25) is 0 Å². The number of carbonyl (C=O) groups excluding carboxylic acids is 6. The van der Waals surface area contributed by atoms with E-state index in [0.717, 1.165) is 116 Å². The fourth-order valence-electron chi connectivity index (χ4n) is 5.63. The predicted molar refractivity (Wildman–Crippen MR) is 231 cm³/mol. The minimum Gasteiger partial charge on any atom is -2.00 e. The van der Waals surface area contributed by atoms with Crippen molar-refractivity contribution in [2.75, 3.05) is 0 Å². The van der Waals surface area contributed by atoms with Gasteiger partial charge in [0.1, 0.15) is 0 Å². The zero-order chi connectivity index (χ0) is 47.9. The van der Waals surface area contributed by atoms with Gasteiger partial charge in [0.05, 0.1) is 0 Å². The molecule has 0 saturated carbocycles. The van der Waals surface area contributed by atoms with E-state index in [1.165, 1.54) is 0 Å². The first-order valence-electron chi connectivity index (χ1n) is 23.6. The van der Waals surface area contributed by atoms with Crippen molar-refractivity contribution in [2.24, 2.45) is 35.5 Å². The third-order valence-electron chi connectivity index (χ3n) is 10.4. The minimum absolute atomic E-state index is 0. The molecule has 0 radical (unpaired) electrons. The number of carbonyl (C=O) groups is 6. The van der Waals surface area contributed by atoms with Crippen LogP contribution in [0.15, 0.2) is 0 Å². The van der Waals surface area contributed by atoms with E-state index in [9.17, 15) is 59.4 Å². The molecular weight excluding hydrogens is 1050 g/mol. The average Bonchev–Trinajstić information content (AvgIpc) is 3.20. The summed E-state index contributed by atoms with van der Waals surface area (Å²) in [6.45, 7) is 23.7. The number of carboxylic acids is 6. The normalized spacial score (nSPS) is 12.0. The second-order valence-corrected chi connectivity index (χ2v) is 15.4. The summed E-state index contributed by atoms with van der Waals surface area (Å²) >= 11 is 0. The van der Waals surface area contributed by atoms with E-state index in [1.807, 2.05) is 41.5 Å². The van der Waals surface area contributed by atoms with E-state index < -0.39 is 35.8 Å². The topological polar surface area (TPSA) is 269 Å². The van der Waals surface area contributed by atoms with Gasteiger partial charge in [-0.3, -0.25) is 0 Å². The molecule has 65 heavy (non-hydrogen) atoms. The second kappa shape index (κ2) is 69.8. The SMILES string of the molecule is CCCCC(CC)C(=O)[O-].CCCCC(CC)C(=O)[O-].CCCCC(CC)C(=O)[O-].CCCCC(CC)C(=O)[O-].CCCCC(CC)C(=O)[O-].CCCCC(CC)C(=O)[O-].[O-2].[Zn+2].[Zn+2].[Zn+2].[Zn+2]. The second-order valence-electron chi connectivity index (χ2n) is 15.4. The van der Waals surface area contributed by atoms with Crippen LogP contribution in [0.1, 0.15) is 237 Å². The van der Waals surface area contributed by atoms with E-state index in [1.54, 1.807) is 0 Å². The summed E-state index contributed by atoms with van der Waals surface area (Å²) in [5, 5.41) is 62.0. The van der Waals surface area contributed by atoms with E-state index in [0.29, 0.717) is 38.5 Å². The zero-order valence-corrected chi connectivity index (χ0v) is 55.4. The number of aliphatic carboxylic acids is 6. The molecule has 13 nitrogen and oxygen atoms in total. The molecule has 0 saturated heterocycles. The molecule has 0 aromatic rings. The van der Waals surface area contributed by atoms with Crippen molar-refractivity contribution in [1.82, 2.24) is 0 Å².